The second-order valence-corrected chi connectivity index (χ2v) is 3.05. The van der Waals surface area contributed by atoms with Gasteiger partial charge in [0.05, 0.1) is 5.56 Å². The average molecular weight is 271 g/mol. The van der Waals surface area contributed by atoms with Gasteiger partial charge in [-0.1, -0.05) is 12.1 Å². The summed E-state index contributed by atoms with van der Waals surface area (Å²) in [6, 6.07) is 6.33. The summed E-state index contributed by atoms with van der Waals surface area (Å²) < 4.78 is 36.2. The van der Waals surface area contributed by atoms with Crippen molar-refractivity contribution in [3.05, 3.63) is 33.4 Å². The number of hydrogen-bond donors (Lipinski definition) is 0. The summed E-state index contributed by atoms with van der Waals surface area (Å²) in [4.78, 5) is 0. The number of hydrogen-bond acceptors (Lipinski definition) is 0. The summed E-state index contributed by atoms with van der Waals surface area (Å²) >= 11 is 1.63. The second kappa shape index (κ2) is 3.00. The average Bonchev–Trinajstić information content (AvgIpc) is 1.86. The lowest BCUT2D eigenvalue weighted by atomic mass is 10.2. The Kier molecular flexibility index (Phi) is 2.41. The first-order valence-electron chi connectivity index (χ1n) is 2.75. The van der Waals surface area contributed by atoms with Gasteiger partial charge in [0.15, 0.2) is 0 Å². The van der Waals surface area contributed by atoms with Gasteiger partial charge in [0.1, 0.15) is 0 Å². The molecule has 0 aliphatic carbocycles. The van der Waals surface area contributed by atoms with Crippen LogP contribution in [0.3, 0.4) is 0 Å². The van der Waals surface area contributed by atoms with Crippen LogP contribution in [0.1, 0.15) is 5.56 Å². The highest BCUT2D eigenvalue weighted by Gasteiger charge is 2.32. The smallest absolute Gasteiger partial charge is 0.166 e. The molecule has 0 saturated carbocycles. The van der Waals surface area contributed by atoms with Crippen LogP contribution in [0.5, 0.6) is 0 Å². The van der Waals surface area contributed by atoms with E-state index >= 15 is 0 Å². The van der Waals surface area contributed by atoms with Crippen LogP contribution in [0.15, 0.2) is 18.2 Å². The first-order chi connectivity index (χ1) is 5.02. The molecule has 1 aromatic rings. The molecule has 0 aromatic heterocycles. The molecule has 0 nitrogen and oxygen atoms in total. The van der Waals surface area contributed by atoms with Gasteiger partial charge in [0.25, 0.3) is 0 Å². The molecule has 0 atom stereocenters. The first kappa shape index (κ1) is 8.83. The molecule has 0 aliphatic heterocycles. The van der Waals surface area contributed by atoms with Crippen molar-refractivity contribution in [2.75, 3.05) is 0 Å². The highest BCUT2D eigenvalue weighted by molar-refractivity contribution is 14.1. The molecule has 0 amide bonds. The zero-order valence-electron chi connectivity index (χ0n) is 5.24. The van der Waals surface area contributed by atoms with E-state index in [9.17, 15) is 13.2 Å². The fourth-order valence-electron chi connectivity index (χ4n) is 0.634. The van der Waals surface area contributed by atoms with E-state index in [2.05, 4.69) is 6.07 Å². The van der Waals surface area contributed by atoms with Gasteiger partial charge in [-0.05, 0) is 34.7 Å². The van der Waals surface area contributed by atoms with E-state index in [-0.39, 0.29) is 3.57 Å². The summed E-state index contributed by atoms with van der Waals surface area (Å²) in [5.74, 6) is 0. The third-order valence-electron chi connectivity index (χ3n) is 1.09. The molecule has 0 fully saturated rings. The molecule has 0 N–H and O–H groups in total. The maximum Gasteiger partial charge on any atom is 0.418 e. The van der Waals surface area contributed by atoms with E-state index < -0.39 is 11.7 Å². The number of rotatable bonds is 0. The number of benzene rings is 1. The minimum atomic E-state index is -4.28. The van der Waals surface area contributed by atoms with Crippen LogP contribution in [0, 0.1) is 9.64 Å². The van der Waals surface area contributed by atoms with Gasteiger partial charge in [-0.3, -0.25) is 0 Å². The molecule has 0 aliphatic rings. The molecule has 0 saturated heterocycles. The summed E-state index contributed by atoms with van der Waals surface area (Å²) in [6.07, 6.45) is -4.28. The monoisotopic (exact) mass is 271 g/mol. The Balaban J connectivity index is 3.14. The Hall–Kier alpha value is -0.260. The molecule has 0 unspecified atom stereocenters. The number of alkyl halides is 3. The second-order valence-electron chi connectivity index (χ2n) is 1.89. The largest absolute Gasteiger partial charge is 0.418 e. The van der Waals surface area contributed by atoms with E-state index in [1.165, 1.54) is 18.2 Å². The zero-order chi connectivity index (χ0) is 8.48. The normalized spacial score (nSPS) is 11.6. The molecule has 4 heteroatoms. The summed E-state index contributed by atoms with van der Waals surface area (Å²) in [7, 11) is 0. The Morgan fingerprint density at radius 3 is 2.36 bits per heavy atom. The molecular weight excluding hydrogens is 268 g/mol. The van der Waals surface area contributed by atoms with Gasteiger partial charge in [-0.2, -0.15) is 13.2 Å². The van der Waals surface area contributed by atoms with Crippen LogP contribution >= 0.6 is 22.6 Å². The highest BCUT2D eigenvalue weighted by Crippen LogP contribution is 2.31. The van der Waals surface area contributed by atoms with E-state index in [1.807, 2.05) is 0 Å². The van der Waals surface area contributed by atoms with Crippen molar-refractivity contribution in [1.82, 2.24) is 0 Å². The fourth-order valence-corrected chi connectivity index (χ4v) is 1.30. The van der Waals surface area contributed by atoms with Gasteiger partial charge in [-0.25, -0.2) is 0 Å². The molecule has 11 heavy (non-hydrogen) atoms. The molecular formula is C7H3F3I. The van der Waals surface area contributed by atoms with Crippen LogP contribution in [-0.2, 0) is 6.18 Å². The van der Waals surface area contributed by atoms with Crippen LogP contribution in [-0.4, -0.2) is 0 Å². The van der Waals surface area contributed by atoms with Crippen LogP contribution in [0.25, 0.3) is 0 Å². The first-order valence-corrected chi connectivity index (χ1v) is 3.83. The van der Waals surface area contributed by atoms with Crippen molar-refractivity contribution in [2.45, 2.75) is 6.18 Å². The Morgan fingerprint density at radius 1 is 1.36 bits per heavy atom. The Bertz CT molecular complexity index is 254. The van der Waals surface area contributed by atoms with Crippen LogP contribution in [0.4, 0.5) is 13.2 Å². The standard InChI is InChI=1S/C7H3F3I/c8-7(9,10)5-3-1-2-4-6(5)11/h1-2,4H. The van der Waals surface area contributed by atoms with Gasteiger partial charge in [0.2, 0.25) is 0 Å². The molecule has 59 valence electrons. The van der Waals surface area contributed by atoms with Crippen molar-refractivity contribution in [2.24, 2.45) is 0 Å². The molecule has 1 radical (unpaired) electrons. The van der Waals surface area contributed by atoms with E-state index in [0.717, 1.165) is 0 Å². The van der Waals surface area contributed by atoms with Gasteiger partial charge >= 0.3 is 6.18 Å². The highest BCUT2D eigenvalue weighted by atomic mass is 127. The van der Waals surface area contributed by atoms with Gasteiger partial charge in [0, 0.05) is 3.57 Å². The molecule has 0 heterocycles. The third-order valence-corrected chi connectivity index (χ3v) is 1.99. The molecule has 1 aromatic carbocycles. The van der Waals surface area contributed by atoms with Crippen LogP contribution in [0.2, 0.25) is 0 Å². The minimum Gasteiger partial charge on any atom is -0.166 e. The maximum absolute atomic E-state index is 12.0. The zero-order valence-corrected chi connectivity index (χ0v) is 7.40. The minimum absolute atomic E-state index is 0.178. The maximum atomic E-state index is 12.0. The molecule has 0 bridgehead atoms. The predicted molar refractivity (Wildman–Crippen MR) is 43.0 cm³/mol. The topological polar surface area (TPSA) is 0 Å². The van der Waals surface area contributed by atoms with Gasteiger partial charge in [-0.15, -0.1) is 0 Å². The predicted octanol–water partition coefficient (Wildman–Crippen LogP) is 3.11. The molecule has 0 spiro atoms. The van der Waals surface area contributed by atoms with E-state index in [4.69, 9.17) is 0 Å². The molecule has 1 rings (SSSR count). The summed E-state index contributed by atoms with van der Waals surface area (Å²) in [5, 5.41) is 0. The summed E-state index contributed by atoms with van der Waals surface area (Å²) in [6.45, 7) is 0. The van der Waals surface area contributed by atoms with Crippen molar-refractivity contribution < 1.29 is 13.2 Å². The Labute approximate surface area is 75.6 Å². The van der Waals surface area contributed by atoms with Crippen LogP contribution < -0.4 is 0 Å². The lowest BCUT2D eigenvalue weighted by molar-refractivity contribution is -0.138. The summed E-state index contributed by atoms with van der Waals surface area (Å²) in [5.41, 5.74) is -0.694. The van der Waals surface area contributed by atoms with Crippen molar-refractivity contribution in [3.8, 4) is 0 Å². The van der Waals surface area contributed by atoms with Crippen molar-refractivity contribution in [3.63, 3.8) is 0 Å². The van der Waals surface area contributed by atoms with E-state index in [0.29, 0.717) is 0 Å². The fraction of sp³-hybridized carbons (Fsp3) is 0.143. The quantitative estimate of drug-likeness (QED) is 0.636. The van der Waals surface area contributed by atoms with E-state index in [1.54, 1.807) is 22.6 Å². The lowest BCUT2D eigenvalue weighted by Crippen LogP contribution is -2.06. The third kappa shape index (κ3) is 2.08. The van der Waals surface area contributed by atoms with Gasteiger partial charge < -0.3 is 0 Å². The lowest BCUT2D eigenvalue weighted by Gasteiger charge is -2.06. The number of halogens is 4. The SMILES string of the molecule is FC(F)(F)c1[c]cccc1I. The van der Waals surface area contributed by atoms with Crippen molar-refractivity contribution in [1.29, 1.82) is 0 Å². The van der Waals surface area contributed by atoms with Crippen molar-refractivity contribution >= 4 is 22.6 Å². The Morgan fingerprint density at radius 2 is 2.00 bits per heavy atom.